The van der Waals surface area contributed by atoms with Crippen molar-refractivity contribution in [1.29, 1.82) is 0 Å². The van der Waals surface area contributed by atoms with E-state index in [1.807, 2.05) is 60.7 Å². The van der Waals surface area contributed by atoms with Crippen molar-refractivity contribution in [3.8, 4) is 22.6 Å². The van der Waals surface area contributed by atoms with E-state index in [-0.39, 0.29) is 12.3 Å². The number of hydrogen-bond acceptors (Lipinski definition) is 3. The van der Waals surface area contributed by atoms with Crippen LogP contribution in [0, 0.1) is 11.6 Å². The molecule has 0 bridgehead atoms. The van der Waals surface area contributed by atoms with E-state index in [9.17, 15) is 13.6 Å². The van der Waals surface area contributed by atoms with Gasteiger partial charge in [-0.15, -0.1) is 0 Å². The monoisotopic (exact) mass is 446 g/mol. The van der Waals surface area contributed by atoms with Gasteiger partial charge in [-0.2, -0.15) is 0 Å². The first kappa shape index (κ1) is 22.4. The highest BCUT2D eigenvalue weighted by Gasteiger charge is 2.21. The Morgan fingerprint density at radius 1 is 0.939 bits per heavy atom. The summed E-state index contributed by atoms with van der Waals surface area (Å²) in [5.74, 6) is -0.857. The summed E-state index contributed by atoms with van der Waals surface area (Å²) in [5.41, 5.74) is 3.10. The molecular formula is C27H24F2N2O2. The number of carbonyl (C=O) groups excluding carboxylic acids is 1. The maximum atomic E-state index is 13.6. The van der Waals surface area contributed by atoms with Gasteiger partial charge in [0.2, 0.25) is 5.91 Å². The fourth-order valence-corrected chi connectivity index (χ4v) is 3.65. The van der Waals surface area contributed by atoms with Crippen molar-refractivity contribution in [2.24, 2.45) is 0 Å². The van der Waals surface area contributed by atoms with E-state index in [2.05, 4.69) is 4.98 Å². The van der Waals surface area contributed by atoms with E-state index >= 15 is 0 Å². The molecule has 1 atom stereocenters. The Hall–Kier alpha value is -3.80. The van der Waals surface area contributed by atoms with Gasteiger partial charge in [-0.3, -0.25) is 4.79 Å². The second-order valence-corrected chi connectivity index (χ2v) is 7.87. The zero-order chi connectivity index (χ0) is 23.4. The number of carbonyl (C=O) groups is 1. The van der Waals surface area contributed by atoms with Crippen molar-refractivity contribution >= 4 is 5.91 Å². The molecule has 168 valence electrons. The molecule has 0 saturated carbocycles. The predicted molar refractivity (Wildman–Crippen MR) is 123 cm³/mol. The molecule has 1 amide bonds. The molecule has 0 radical (unpaired) electrons. The molecule has 0 N–H and O–H groups in total. The number of halogens is 2. The molecule has 0 aliphatic rings. The maximum Gasteiger partial charge on any atom is 0.223 e. The van der Waals surface area contributed by atoms with Crippen LogP contribution in [0.2, 0.25) is 0 Å². The molecule has 0 fully saturated rings. The summed E-state index contributed by atoms with van der Waals surface area (Å²) in [4.78, 5) is 19.0. The Morgan fingerprint density at radius 3 is 2.21 bits per heavy atom. The highest BCUT2D eigenvalue weighted by atomic mass is 19.2. The molecule has 4 nitrogen and oxygen atoms in total. The number of benzene rings is 3. The first-order valence-corrected chi connectivity index (χ1v) is 10.7. The molecule has 33 heavy (non-hydrogen) atoms. The van der Waals surface area contributed by atoms with Crippen molar-refractivity contribution in [1.82, 2.24) is 9.88 Å². The summed E-state index contributed by atoms with van der Waals surface area (Å²) in [7, 11) is 1.65. The van der Waals surface area contributed by atoms with Gasteiger partial charge >= 0.3 is 0 Å². The van der Waals surface area contributed by atoms with Crippen LogP contribution in [0.15, 0.2) is 83.3 Å². The first-order valence-electron chi connectivity index (χ1n) is 10.7. The van der Waals surface area contributed by atoms with E-state index in [4.69, 9.17) is 4.42 Å². The second kappa shape index (κ2) is 9.77. The number of oxazole rings is 1. The van der Waals surface area contributed by atoms with E-state index in [1.165, 1.54) is 11.0 Å². The Kier molecular flexibility index (Phi) is 6.63. The second-order valence-electron chi connectivity index (χ2n) is 7.87. The largest absolute Gasteiger partial charge is 0.440 e. The van der Waals surface area contributed by atoms with Crippen LogP contribution in [0.3, 0.4) is 0 Å². The van der Waals surface area contributed by atoms with Gasteiger partial charge in [-0.25, -0.2) is 13.8 Å². The summed E-state index contributed by atoms with van der Waals surface area (Å²) in [6.07, 6.45) is 0.494. The fraction of sp³-hybridized carbons (Fsp3) is 0.185. The van der Waals surface area contributed by atoms with Crippen LogP contribution in [-0.2, 0) is 11.2 Å². The average molecular weight is 446 g/mol. The van der Waals surface area contributed by atoms with Gasteiger partial charge in [-0.1, -0.05) is 66.7 Å². The highest BCUT2D eigenvalue weighted by Crippen LogP contribution is 2.33. The molecule has 3 aromatic carbocycles. The molecule has 4 aromatic rings. The first-order chi connectivity index (χ1) is 15.9. The predicted octanol–water partition coefficient (Wildman–Crippen LogP) is 6.44. The van der Waals surface area contributed by atoms with Crippen LogP contribution in [0.1, 0.15) is 30.8 Å². The van der Waals surface area contributed by atoms with Crippen molar-refractivity contribution in [3.05, 3.63) is 102 Å². The van der Waals surface area contributed by atoms with Gasteiger partial charge < -0.3 is 9.32 Å². The number of aromatic nitrogens is 1. The minimum atomic E-state index is -0.929. The third kappa shape index (κ3) is 5.00. The number of amides is 1. The van der Waals surface area contributed by atoms with Crippen LogP contribution >= 0.6 is 0 Å². The normalized spacial score (nSPS) is 11.9. The summed E-state index contributed by atoms with van der Waals surface area (Å²) in [6.45, 7) is 1.77. The van der Waals surface area contributed by atoms with Gasteiger partial charge in [0.1, 0.15) is 5.69 Å². The molecule has 0 spiro atoms. The van der Waals surface area contributed by atoms with Gasteiger partial charge in [0.25, 0.3) is 0 Å². The standard InChI is InChI=1S/C27H24F2N2O2/c1-18(21-13-14-22(28)23(29)17-21)31(2)25(32)16-15-24-30-26(19-9-5-3-6-10-19)27(33-24)20-11-7-4-8-12-20/h3-14,17-18H,15-16H2,1-2H3/t18-/m0/s1. The van der Waals surface area contributed by atoms with Gasteiger partial charge in [0.05, 0.1) is 6.04 Å². The maximum absolute atomic E-state index is 13.6. The van der Waals surface area contributed by atoms with E-state index in [1.54, 1.807) is 14.0 Å². The minimum absolute atomic E-state index is 0.145. The lowest BCUT2D eigenvalue weighted by Crippen LogP contribution is -2.30. The third-order valence-electron chi connectivity index (χ3n) is 5.71. The smallest absolute Gasteiger partial charge is 0.223 e. The Balaban J connectivity index is 1.51. The van der Waals surface area contributed by atoms with Crippen LogP contribution in [-0.4, -0.2) is 22.8 Å². The molecule has 0 aliphatic carbocycles. The van der Waals surface area contributed by atoms with Crippen LogP contribution in [0.5, 0.6) is 0 Å². The number of nitrogens with zero attached hydrogens (tertiary/aromatic N) is 2. The van der Waals surface area contributed by atoms with Crippen molar-refractivity contribution in [3.63, 3.8) is 0 Å². The Bertz CT molecular complexity index is 1180. The molecular weight excluding hydrogens is 422 g/mol. The SMILES string of the molecule is C[C@@H](c1ccc(F)c(F)c1)N(C)C(=O)CCc1nc(-c2ccccc2)c(-c2ccccc2)o1. The van der Waals surface area contributed by atoms with E-state index in [0.717, 1.165) is 29.0 Å². The zero-order valence-corrected chi connectivity index (χ0v) is 18.5. The van der Waals surface area contributed by atoms with Crippen LogP contribution in [0.25, 0.3) is 22.6 Å². The Morgan fingerprint density at radius 2 is 1.58 bits per heavy atom. The lowest BCUT2D eigenvalue weighted by molar-refractivity contribution is -0.131. The molecule has 1 aromatic heterocycles. The number of aryl methyl sites for hydroxylation is 1. The average Bonchev–Trinajstić information content (AvgIpc) is 3.29. The van der Waals surface area contributed by atoms with Crippen LogP contribution < -0.4 is 0 Å². The topological polar surface area (TPSA) is 46.3 Å². The van der Waals surface area contributed by atoms with Gasteiger partial charge in [-0.05, 0) is 24.6 Å². The van der Waals surface area contributed by atoms with E-state index < -0.39 is 17.7 Å². The summed E-state index contributed by atoms with van der Waals surface area (Å²) < 4.78 is 32.9. The summed E-state index contributed by atoms with van der Waals surface area (Å²) >= 11 is 0. The van der Waals surface area contributed by atoms with Crippen molar-refractivity contribution < 1.29 is 18.0 Å². The third-order valence-corrected chi connectivity index (χ3v) is 5.71. The molecule has 4 rings (SSSR count). The molecule has 0 aliphatic heterocycles. The van der Waals surface area contributed by atoms with Crippen molar-refractivity contribution in [2.75, 3.05) is 7.05 Å². The zero-order valence-electron chi connectivity index (χ0n) is 18.5. The summed E-state index contributed by atoms with van der Waals surface area (Å²) in [6, 6.07) is 22.8. The fourth-order valence-electron chi connectivity index (χ4n) is 3.65. The number of hydrogen-bond donors (Lipinski definition) is 0. The van der Waals surface area contributed by atoms with E-state index in [0.29, 0.717) is 23.6 Å². The quantitative estimate of drug-likeness (QED) is 0.328. The van der Waals surface area contributed by atoms with Gasteiger partial charge in [0, 0.05) is 31.0 Å². The summed E-state index contributed by atoms with van der Waals surface area (Å²) in [5, 5.41) is 0. The Labute approximate surface area is 191 Å². The molecule has 6 heteroatoms. The molecule has 0 unspecified atom stereocenters. The van der Waals surface area contributed by atoms with Gasteiger partial charge in [0.15, 0.2) is 23.3 Å². The van der Waals surface area contributed by atoms with Crippen molar-refractivity contribution in [2.45, 2.75) is 25.8 Å². The number of rotatable bonds is 7. The lowest BCUT2D eigenvalue weighted by Gasteiger charge is -2.25. The molecule has 0 saturated heterocycles. The lowest BCUT2D eigenvalue weighted by atomic mass is 10.1. The van der Waals surface area contributed by atoms with Crippen LogP contribution in [0.4, 0.5) is 8.78 Å². The molecule has 1 heterocycles. The highest BCUT2D eigenvalue weighted by molar-refractivity contribution is 5.78. The minimum Gasteiger partial charge on any atom is -0.440 e.